The molecule has 0 fully saturated rings. The Balaban J connectivity index is 2.21. The van der Waals surface area contributed by atoms with Crippen LogP contribution in [0.4, 0.5) is 0 Å². The number of nitrogens with one attached hydrogen (secondary N) is 1. The van der Waals surface area contributed by atoms with E-state index >= 15 is 0 Å². The molecule has 16 heavy (non-hydrogen) atoms. The van der Waals surface area contributed by atoms with Crippen LogP contribution in [-0.4, -0.2) is 23.3 Å². The third-order valence-corrected chi connectivity index (χ3v) is 2.30. The molecule has 0 unspecified atom stereocenters. The monoisotopic (exact) mass is 224 g/mol. The van der Waals surface area contributed by atoms with E-state index in [1.54, 1.807) is 0 Å². The van der Waals surface area contributed by atoms with E-state index in [2.05, 4.69) is 10.5 Å². The molecule has 0 aromatic carbocycles. The zero-order valence-corrected chi connectivity index (χ0v) is 9.79. The second-order valence-corrected chi connectivity index (χ2v) is 4.86. The van der Waals surface area contributed by atoms with E-state index < -0.39 is 11.6 Å². The molecule has 1 N–H and O–H groups in total. The number of rotatable bonds is 1. The van der Waals surface area contributed by atoms with Crippen molar-refractivity contribution in [3.05, 3.63) is 17.0 Å². The lowest BCUT2D eigenvalue weighted by Gasteiger charge is -2.19. The summed E-state index contributed by atoms with van der Waals surface area (Å²) in [5.74, 6) is 0.339. The van der Waals surface area contributed by atoms with E-state index in [0.717, 1.165) is 24.3 Å². The van der Waals surface area contributed by atoms with Gasteiger partial charge in [0.2, 0.25) is 0 Å². The summed E-state index contributed by atoms with van der Waals surface area (Å²) in [6.45, 7) is 6.96. The average molecular weight is 224 g/mol. The number of esters is 1. The van der Waals surface area contributed by atoms with Crippen LogP contribution in [0.3, 0.4) is 0 Å². The van der Waals surface area contributed by atoms with Crippen molar-refractivity contribution in [2.24, 2.45) is 0 Å². The molecule has 1 aromatic rings. The van der Waals surface area contributed by atoms with Gasteiger partial charge < -0.3 is 14.6 Å². The molecule has 0 radical (unpaired) electrons. The summed E-state index contributed by atoms with van der Waals surface area (Å²) >= 11 is 0. The zero-order chi connectivity index (χ0) is 11.8. The number of hydrogen-bond donors (Lipinski definition) is 1. The molecular weight excluding hydrogens is 208 g/mol. The summed E-state index contributed by atoms with van der Waals surface area (Å²) in [6, 6.07) is 0. The van der Waals surface area contributed by atoms with Gasteiger partial charge in [0, 0.05) is 5.56 Å². The predicted molar refractivity (Wildman–Crippen MR) is 57.1 cm³/mol. The third kappa shape index (κ3) is 2.24. The van der Waals surface area contributed by atoms with Gasteiger partial charge in [-0.3, -0.25) is 0 Å². The Morgan fingerprint density at radius 2 is 2.25 bits per heavy atom. The standard InChI is InChI=1S/C11H16N2O3/c1-11(2,3)15-10(14)9-7-4-5-12-6-8(7)16-13-9/h12H,4-6H2,1-3H3. The third-order valence-electron chi connectivity index (χ3n) is 2.30. The first-order chi connectivity index (χ1) is 7.47. The van der Waals surface area contributed by atoms with Crippen LogP contribution in [0.1, 0.15) is 42.6 Å². The SMILES string of the molecule is CC(C)(C)OC(=O)c1noc2c1CCNC2. The molecular formula is C11H16N2O3. The number of carbonyl (C=O) groups excluding carboxylic acids is 1. The molecule has 0 amide bonds. The van der Waals surface area contributed by atoms with E-state index in [4.69, 9.17) is 9.26 Å². The van der Waals surface area contributed by atoms with Crippen molar-refractivity contribution >= 4 is 5.97 Å². The van der Waals surface area contributed by atoms with Gasteiger partial charge in [0.25, 0.3) is 0 Å². The van der Waals surface area contributed by atoms with Crippen LogP contribution in [-0.2, 0) is 17.7 Å². The van der Waals surface area contributed by atoms with Crippen LogP contribution in [0.25, 0.3) is 0 Å². The number of fused-ring (bicyclic) bond motifs is 1. The van der Waals surface area contributed by atoms with Gasteiger partial charge in [0.1, 0.15) is 5.60 Å². The van der Waals surface area contributed by atoms with Crippen molar-refractivity contribution in [1.29, 1.82) is 0 Å². The summed E-state index contributed by atoms with van der Waals surface area (Å²) in [5.41, 5.74) is 0.704. The van der Waals surface area contributed by atoms with E-state index in [1.165, 1.54) is 0 Å². The van der Waals surface area contributed by atoms with Crippen LogP contribution in [0, 0.1) is 0 Å². The Morgan fingerprint density at radius 3 is 2.94 bits per heavy atom. The van der Waals surface area contributed by atoms with Crippen LogP contribution in [0.2, 0.25) is 0 Å². The normalized spacial score (nSPS) is 15.7. The Bertz CT molecular complexity index is 404. The van der Waals surface area contributed by atoms with Crippen LogP contribution < -0.4 is 5.32 Å². The van der Waals surface area contributed by atoms with E-state index in [-0.39, 0.29) is 0 Å². The first kappa shape index (κ1) is 11.1. The number of nitrogens with zero attached hydrogens (tertiary/aromatic N) is 1. The molecule has 0 saturated carbocycles. The Hall–Kier alpha value is -1.36. The Labute approximate surface area is 94.1 Å². The zero-order valence-electron chi connectivity index (χ0n) is 9.79. The summed E-state index contributed by atoms with van der Waals surface area (Å²) < 4.78 is 10.4. The van der Waals surface area contributed by atoms with E-state index in [1.807, 2.05) is 20.8 Å². The summed E-state index contributed by atoms with van der Waals surface area (Å²) in [7, 11) is 0. The van der Waals surface area contributed by atoms with Gasteiger partial charge in [-0.15, -0.1) is 0 Å². The molecule has 2 rings (SSSR count). The summed E-state index contributed by atoms with van der Waals surface area (Å²) in [4.78, 5) is 11.8. The molecule has 1 aliphatic rings. The fourth-order valence-electron chi connectivity index (χ4n) is 1.64. The summed E-state index contributed by atoms with van der Waals surface area (Å²) in [5, 5.41) is 6.95. The minimum absolute atomic E-state index is 0.325. The van der Waals surface area contributed by atoms with Crippen molar-refractivity contribution in [2.45, 2.75) is 39.3 Å². The smallest absolute Gasteiger partial charge is 0.361 e. The number of carbonyl (C=O) groups is 1. The average Bonchev–Trinajstić information content (AvgIpc) is 2.58. The van der Waals surface area contributed by atoms with Crippen LogP contribution in [0.5, 0.6) is 0 Å². The molecule has 88 valence electrons. The number of hydrogen-bond acceptors (Lipinski definition) is 5. The predicted octanol–water partition coefficient (Wildman–Crippen LogP) is 1.28. The molecule has 0 saturated heterocycles. The first-order valence-corrected chi connectivity index (χ1v) is 5.39. The molecule has 0 bridgehead atoms. The van der Waals surface area contributed by atoms with Gasteiger partial charge in [-0.1, -0.05) is 5.16 Å². The quantitative estimate of drug-likeness (QED) is 0.728. The summed E-state index contributed by atoms with van der Waals surface area (Å²) in [6.07, 6.45) is 0.757. The van der Waals surface area contributed by atoms with Crippen molar-refractivity contribution in [3.8, 4) is 0 Å². The highest BCUT2D eigenvalue weighted by atomic mass is 16.6. The Kier molecular flexibility index (Phi) is 2.71. The molecule has 1 aromatic heterocycles. The largest absolute Gasteiger partial charge is 0.455 e. The van der Waals surface area contributed by atoms with Crippen LogP contribution in [0.15, 0.2) is 4.52 Å². The van der Waals surface area contributed by atoms with Gasteiger partial charge in [-0.25, -0.2) is 4.79 Å². The molecule has 1 aliphatic heterocycles. The van der Waals surface area contributed by atoms with E-state index in [9.17, 15) is 4.79 Å². The molecule has 0 atom stereocenters. The molecule has 0 spiro atoms. The minimum atomic E-state index is -0.504. The molecule has 2 heterocycles. The highest BCUT2D eigenvalue weighted by Gasteiger charge is 2.27. The molecule has 5 nitrogen and oxygen atoms in total. The van der Waals surface area contributed by atoms with Crippen LogP contribution >= 0.6 is 0 Å². The molecule has 0 aliphatic carbocycles. The topological polar surface area (TPSA) is 64.4 Å². The second kappa shape index (κ2) is 3.90. The Morgan fingerprint density at radius 1 is 1.50 bits per heavy atom. The lowest BCUT2D eigenvalue weighted by Crippen LogP contribution is -2.27. The van der Waals surface area contributed by atoms with Crippen molar-refractivity contribution in [3.63, 3.8) is 0 Å². The highest BCUT2D eigenvalue weighted by Crippen LogP contribution is 2.20. The first-order valence-electron chi connectivity index (χ1n) is 5.39. The van der Waals surface area contributed by atoms with E-state index in [0.29, 0.717) is 12.2 Å². The second-order valence-electron chi connectivity index (χ2n) is 4.86. The molecule has 5 heteroatoms. The number of aromatic nitrogens is 1. The number of ether oxygens (including phenoxy) is 1. The minimum Gasteiger partial charge on any atom is -0.455 e. The highest BCUT2D eigenvalue weighted by molar-refractivity contribution is 5.89. The van der Waals surface area contributed by atoms with Gasteiger partial charge >= 0.3 is 5.97 Å². The van der Waals surface area contributed by atoms with Crippen molar-refractivity contribution in [2.75, 3.05) is 6.54 Å². The van der Waals surface area contributed by atoms with Gasteiger partial charge in [0.05, 0.1) is 6.54 Å². The maximum Gasteiger partial charge on any atom is 0.361 e. The van der Waals surface area contributed by atoms with Crippen molar-refractivity contribution in [1.82, 2.24) is 10.5 Å². The van der Waals surface area contributed by atoms with Gasteiger partial charge in [-0.2, -0.15) is 0 Å². The van der Waals surface area contributed by atoms with Crippen molar-refractivity contribution < 1.29 is 14.1 Å². The van der Waals surface area contributed by atoms with Gasteiger partial charge in [-0.05, 0) is 33.7 Å². The lowest BCUT2D eigenvalue weighted by molar-refractivity contribution is 0.00578. The lowest BCUT2D eigenvalue weighted by atomic mass is 10.1. The fraction of sp³-hybridized carbons (Fsp3) is 0.636. The fourth-order valence-corrected chi connectivity index (χ4v) is 1.64. The maximum absolute atomic E-state index is 11.8. The van der Waals surface area contributed by atoms with Gasteiger partial charge in [0.15, 0.2) is 11.5 Å². The maximum atomic E-state index is 11.8.